The summed E-state index contributed by atoms with van der Waals surface area (Å²) in [5, 5.41) is 0. The van der Waals surface area contributed by atoms with Crippen LogP contribution in [0.5, 0.6) is 17.2 Å². The van der Waals surface area contributed by atoms with Crippen LogP contribution in [-0.4, -0.2) is 21.3 Å². The molecular formula is C17H27NO3. The molecule has 4 heteroatoms. The summed E-state index contributed by atoms with van der Waals surface area (Å²) >= 11 is 0. The second-order valence-electron chi connectivity index (χ2n) is 4.96. The van der Waals surface area contributed by atoms with Crippen molar-refractivity contribution in [3.05, 3.63) is 30.4 Å². The third-order valence-corrected chi connectivity index (χ3v) is 3.56. The van der Waals surface area contributed by atoms with E-state index >= 15 is 0 Å². The number of rotatable bonds is 10. The highest BCUT2D eigenvalue weighted by Gasteiger charge is 2.19. The number of unbranched alkanes of at least 4 members (excludes halogenated alkanes) is 3. The van der Waals surface area contributed by atoms with Gasteiger partial charge in [-0.2, -0.15) is 0 Å². The minimum absolute atomic E-state index is 0.0662. The molecule has 0 amide bonds. The fraction of sp³-hybridized carbons (Fsp3) is 0.529. The molecule has 0 radical (unpaired) electrons. The van der Waals surface area contributed by atoms with Gasteiger partial charge in [0, 0.05) is 11.6 Å². The standard InChI is InChI=1S/C17H27NO3/c1-5-6-7-8-9-10-14(18)13-11-12-15(19-2)17(21-4)16(13)20-3/h5,11-12,14H,1,6-10,18H2,2-4H3. The van der Waals surface area contributed by atoms with Crippen molar-refractivity contribution in [1.29, 1.82) is 0 Å². The van der Waals surface area contributed by atoms with Gasteiger partial charge in [-0.3, -0.25) is 0 Å². The number of methoxy groups -OCH3 is 3. The first-order valence-electron chi connectivity index (χ1n) is 7.34. The Morgan fingerprint density at radius 1 is 1.05 bits per heavy atom. The van der Waals surface area contributed by atoms with Crippen LogP contribution in [0.1, 0.15) is 43.7 Å². The van der Waals surface area contributed by atoms with Gasteiger partial charge in [0.15, 0.2) is 11.5 Å². The predicted molar refractivity (Wildman–Crippen MR) is 86.3 cm³/mol. The van der Waals surface area contributed by atoms with E-state index in [-0.39, 0.29) is 6.04 Å². The molecule has 0 aliphatic carbocycles. The van der Waals surface area contributed by atoms with Crippen molar-refractivity contribution in [1.82, 2.24) is 0 Å². The first kappa shape index (κ1) is 17.4. The van der Waals surface area contributed by atoms with Crippen molar-refractivity contribution < 1.29 is 14.2 Å². The summed E-state index contributed by atoms with van der Waals surface area (Å²) in [6, 6.07) is 3.76. The first-order chi connectivity index (χ1) is 10.2. The average Bonchev–Trinajstić information content (AvgIpc) is 2.52. The quantitative estimate of drug-likeness (QED) is 0.526. The fourth-order valence-electron chi connectivity index (χ4n) is 2.40. The van der Waals surface area contributed by atoms with Gasteiger partial charge in [0.2, 0.25) is 5.75 Å². The van der Waals surface area contributed by atoms with Crippen LogP contribution in [0.3, 0.4) is 0 Å². The summed E-state index contributed by atoms with van der Waals surface area (Å²) < 4.78 is 16.2. The Balaban J connectivity index is 2.79. The normalized spacial score (nSPS) is 11.8. The molecule has 0 bridgehead atoms. The molecule has 1 aromatic carbocycles. The van der Waals surface area contributed by atoms with Gasteiger partial charge in [-0.25, -0.2) is 0 Å². The van der Waals surface area contributed by atoms with Gasteiger partial charge in [0.25, 0.3) is 0 Å². The summed E-state index contributed by atoms with van der Waals surface area (Å²) in [7, 11) is 4.83. The Labute approximate surface area is 127 Å². The van der Waals surface area contributed by atoms with E-state index in [1.54, 1.807) is 21.3 Å². The second kappa shape index (κ2) is 9.29. The summed E-state index contributed by atoms with van der Waals surface area (Å²) in [6.07, 6.45) is 7.36. The van der Waals surface area contributed by atoms with Crippen LogP contribution in [0.25, 0.3) is 0 Å². The summed E-state index contributed by atoms with van der Waals surface area (Å²) in [4.78, 5) is 0. The maximum Gasteiger partial charge on any atom is 0.203 e. The smallest absolute Gasteiger partial charge is 0.203 e. The zero-order valence-electron chi connectivity index (χ0n) is 13.4. The van der Waals surface area contributed by atoms with Crippen LogP contribution in [0.4, 0.5) is 0 Å². The van der Waals surface area contributed by atoms with E-state index in [2.05, 4.69) is 6.58 Å². The average molecular weight is 293 g/mol. The fourth-order valence-corrected chi connectivity index (χ4v) is 2.40. The van der Waals surface area contributed by atoms with Crippen molar-refractivity contribution in [3.63, 3.8) is 0 Å². The van der Waals surface area contributed by atoms with E-state index in [1.165, 1.54) is 6.42 Å². The Morgan fingerprint density at radius 2 is 1.76 bits per heavy atom. The Morgan fingerprint density at radius 3 is 2.33 bits per heavy atom. The molecule has 0 aliphatic heterocycles. The minimum atomic E-state index is -0.0662. The van der Waals surface area contributed by atoms with Crippen LogP contribution < -0.4 is 19.9 Å². The third-order valence-electron chi connectivity index (χ3n) is 3.56. The van der Waals surface area contributed by atoms with Crippen molar-refractivity contribution in [2.24, 2.45) is 5.73 Å². The lowest BCUT2D eigenvalue weighted by Gasteiger charge is -2.19. The number of benzene rings is 1. The van der Waals surface area contributed by atoms with Gasteiger partial charge >= 0.3 is 0 Å². The van der Waals surface area contributed by atoms with Crippen molar-refractivity contribution in [2.45, 2.75) is 38.1 Å². The van der Waals surface area contributed by atoms with E-state index < -0.39 is 0 Å². The van der Waals surface area contributed by atoms with Crippen LogP contribution >= 0.6 is 0 Å². The van der Waals surface area contributed by atoms with Crippen LogP contribution in [0, 0.1) is 0 Å². The molecule has 0 spiro atoms. The molecule has 0 saturated carbocycles. The lowest BCUT2D eigenvalue weighted by atomic mass is 9.99. The highest BCUT2D eigenvalue weighted by molar-refractivity contribution is 5.56. The molecule has 0 fully saturated rings. The summed E-state index contributed by atoms with van der Waals surface area (Å²) in [5.74, 6) is 1.91. The van der Waals surface area contributed by atoms with E-state index in [1.807, 2.05) is 18.2 Å². The van der Waals surface area contributed by atoms with Gasteiger partial charge < -0.3 is 19.9 Å². The number of nitrogens with two attached hydrogens (primary N) is 1. The topological polar surface area (TPSA) is 53.7 Å². The van der Waals surface area contributed by atoms with E-state index in [0.717, 1.165) is 31.2 Å². The number of ether oxygens (including phenoxy) is 3. The molecule has 0 heterocycles. The molecule has 1 atom stereocenters. The molecule has 2 N–H and O–H groups in total. The van der Waals surface area contributed by atoms with E-state index in [9.17, 15) is 0 Å². The molecule has 118 valence electrons. The van der Waals surface area contributed by atoms with Crippen molar-refractivity contribution in [3.8, 4) is 17.2 Å². The Bertz CT molecular complexity index is 446. The molecule has 4 nitrogen and oxygen atoms in total. The maximum absolute atomic E-state index is 6.30. The highest BCUT2D eigenvalue weighted by Crippen LogP contribution is 2.42. The predicted octanol–water partition coefficient (Wildman–Crippen LogP) is 3.85. The zero-order chi connectivity index (χ0) is 15.7. The second-order valence-corrected chi connectivity index (χ2v) is 4.96. The first-order valence-corrected chi connectivity index (χ1v) is 7.34. The number of allylic oxidation sites excluding steroid dienone is 1. The Hall–Kier alpha value is -1.68. The van der Waals surface area contributed by atoms with Gasteiger partial charge in [-0.15, -0.1) is 6.58 Å². The molecule has 0 saturated heterocycles. The lowest BCUT2D eigenvalue weighted by Crippen LogP contribution is -2.12. The van der Waals surface area contributed by atoms with Crippen LogP contribution in [0.2, 0.25) is 0 Å². The third kappa shape index (κ3) is 4.67. The zero-order valence-corrected chi connectivity index (χ0v) is 13.4. The Kier molecular flexibility index (Phi) is 7.69. The largest absolute Gasteiger partial charge is 0.493 e. The van der Waals surface area contributed by atoms with Gasteiger partial charge in [-0.1, -0.05) is 18.9 Å². The number of hydrogen-bond acceptors (Lipinski definition) is 4. The molecule has 0 aliphatic rings. The van der Waals surface area contributed by atoms with E-state index in [0.29, 0.717) is 17.2 Å². The molecular weight excluding hydrogens is 266 g/mol. The summed E-state index contributed by atoms with van der Waals surface area (Å²) in [5.41, 5.74) is 7.26. The lowest BCUT2D eigenvalue weighted by molar-refractivity contribution is 0.320. The maximum atomic E-state index is 6.30. The van der Waals surface area contributed by atoms with Crippen LogP contribution in [0.15, 0.2) is 24.8 Å². The molecule has 1 rings (SSSR count). The number of hydrogen-bond donors (Lipinski definition) is 1. The van der Waals surface area contributed by atoms with Gasteiger partial charge in [-0.05, 0) is 31.4 Å². The van der Waals surface area contributed by atoms with Gasteiger partial charge in [0.1, 0.15) is 0 Å². The summed E-state index contributed by atoms with van der Waals surface area (Å²) in [6.45, 7) is 3.73. The molecule has 1 unspecified atom stereocenters. The van der Waals surface area contributed by atoms with Crippen LogP contribution in [-0.2, 0) is 0 Å². The monoisotopic (exact) mass is 293 g/mol. The van der Waals surface area contributed by atoms with E-state index in [4.69, 9.17) is 19.9 Å². The SMILES string of the molecule is C=CCCCCCC(N)c1ccc(OC)c(OC)c1OC. The molecule has 1 aromatic rings. The molecule has 0 aromatic heterocycles. The highest BCUT2D eigenvalue weighted by atomic mass is 16.5. The minimum Gasteiger partial charge on any atom is -0.493 e. The van der Waals surface area contributed by atoms with Crippen molar-refractivity contribution in [2.75, 3.05) is 21.3 Å². The van der Waals surface area contributed by atoms with Gasteiger partial charge in [0.05, 0.1) is 21.3 Å². The molecule has 21 heavy (non-hydrogen) atoms. The van der Waals surface area contributed by atoms with Crippen molar-refractivity contribution >= 4 is 0 Å².